The Morgan fingerprint density at radius 2 is 2.06 bits per heavy atom. The number of anilines is 1. The molecule has 2 heterocycles. The monoisotopic (exact) mass is 244 g/mol. The van der Waals surface area contributed by atoms with Gasteiger partial charge in [0.15, 0.2) is 5.82 Å². The summed E-state index contributed by atoms with van der Waals surface area (Å²) in [5.74, 6) is 0.775. The van der Waals surface area contributed by atoms with Gasteiger partial charge in [0.05, 0.1) is 5.69 Å². The molecule has 0 spiro atoms. The van der Waals surface area contributed by atoms with Crippen molar-refractivity contribution in [1.29, 1.82) is 5.26 Å². The summed E-state index contributed by atoms with van der Waals surface area (Å²) < 4.78 is 0. The van der Waals surface area contributed by atoms with Crippen LogP contribution in [0.15, 0.2) is 0 Å². The Bertz CT molecular complexity index is 489. The van der Waals surface area contributed by atoms with E-state index in [0.29, 0.717) is 17.6 Å². The average molecular weight is 244 g/mol. The first-order valence-electron chi connectivity index (χ1n) is 6.62. The number of rotatable bonds is 2. The summed E-state index contributed by atoms with van der Waals surface area (Å²) in [4.78, 5) is 2.29. The molecular weight excluding hydrogens is 224 g/mol. The third kappa shape index (κ3) is 1.94. The zero-order chi connectivity index (χ0) is 13.3. The summed E-state index contributed by atoms with van der Waals surface area (Å²) >= 11 is 0. The van der Waals surface area contributed by atoms with Crippen LogP contribution < -0.4 is 4.90 Å². The molecule has 1 aromatic heterocycles. The largest absolute Gasteiger partial charge is 0.348 e. The second-order valence-electron chi connectivity index (χ2n) is 5.12. The zero-order valence-electron chi connectivity index (χ0n) is 11.6. The van der Waals surface area contributed by atoms with Gasteiger partial charge in [-0.3, -0.25) is 0 Å². The summed E-state index contributed by atoms with van der Waals surface area (Å²) in [6.07, 6.45) is 3.43. The Balaban J connectivity index is 2.51. The van der Waals surface area contributed by atoms with Gasteiger partial charge in [0.25, 0.3) is 0 Å². The standard InChI is InChI=1S/C14H20N4/c1-5-12-7-6-9(2)18(12)14-13(8-15)10(3)11(4)16-17-14/h9,12H,5-7H2,1-4H3. The van der Waals surface area contributed by atoms with E-state index in [-0.39, 0.29) is 0 Å². The lowest BCUT2D eigenvalue weighted by molar-refractivity contribution is 0.615. The average Bonchev–Trinajstić information content (AvgIpc) is 2.73. The Kier molecular flexibility index (Phi) is 3.51. The SMILES string of the molecule is CCC1CCC(C)N1c1nnc(C)c(C)c1C#N. The van der Waals surface area contributed by atoms with Crippen molar-refractivity contribution >= 4 is 5.82 Å². The minimum absolute atomic E-state index is 0.443. The third-order valence-corrected chi connectivity index (χ3v) is 4.05. The van der Waals surface area contributed by atoms with Crippen molar-refractivity contribution in [1.82, 2.24) is 10.2 Å². The Morgan fingerprint density at radius 3 is 2.67 bits per heavy atom. The van der Waals surface area contributed by atoms with Crippen LogP contribution in [-0.4, -0.2) is 22.3 Å². The molecule has 4 heteroatoms. The van der Waals surface area contributed by atoms with Gasteiger partial charge in [-0.25, -0.2) is 0 Å². The van der Waals surface area contributed by atoms with E-state index in [4.69, 9.17) is 0 Å². The molecule has 0 aromatic carbocycles. The first-order valence-corrected chi connectivity index (χ1v) is 6.62. The first kappa shape index (κ1) is 12.8. The molecule has 0 N–H and O–H groups in total. The third-order valence-electron chi connectivity index (χ3n) is 4.05. The van der Waals surface area contributed by atoms with E-state index in [1.54, 1.807) is 0 Å². The number of nitriles is 1. The molecule has 2 atom stereocenters. The van der Waals surface area contributed by atoms with Crippen molar-refractivity contribution in [3.05, 3.63) is 16.8 Å². The number of nitrogens with zero attached hydrogens (tertiary/aromatic N) is 4. The van der Waals surface area contributed by atoms with Gasteiger partial charge in [0, 0.05) is 12.1 Å². The van der Waals surface area contributed by atoms with Gasteiger partial charge in [-0.1, -0.05) is 6.92 Å². The van der Waals surface area contributed by atoms with Crippen LogP contribution in [0.1, 0.15) is 49.9 Å². The van der Waals surface area contributed by atoms with Crippen LogP contribution in [0.3, 0.4) is 0 Å². The Labute approximate surface area is 109 Å². The zero-order valence-corrected chi connectivity index (χ0v) is 11.6. The molecule has 2 unspecified atom stereocenters. The van der Waals surface area contributed by atoms with E-state index in [0.717, 1.165) is 29.9 Å². The highest BCUT2D eigenvalue weighted by Crippen LogP contribution is 2.33. The van der Waals surface area contributed by atoms with Gasteiger partial charge in [-0.15, -0.1) is 5.10 Å². The fourth-order valence-corrected chi connectivity index (χ4v) is 2.76. The second kappa shape index (κ2) is 4.93. The van der Waals surface area contributed by atoms with Crippen molar-refractivity contribution in [2.75, 3.05) is 4.90 Å². The van der Waals surface area contributed by atoms with Crippen LogP contribution in [0.2, 0.25) is 0 Å². The predicted octanol–water partition coefficient (Wildman–Crippen LogP) is 2.73. The van der Waals surface area contributed by atoms with E-state index in [9.17, 15) is 5.26 Å². The molecule has 2 rings (SSSR count). The molecule has 0 saturated carbocycles. The molecular formula is C14H20N4. The first-order chi connectivity index (χ1) is 8.60. The fourth-order valence-electron chi connectivity index (χ4n) is 2.76. The van der Waals surface area contributed by atoms with Gasteiger partial charge in [-0.2, -0.15) is 10.4 Å². The van der Waals surface area contributed by atoms with Crippen LogP contribution in [0.25, 0.3) is 0 Å². The molecule has 0 bridgehead atoms. The summed E-state index contributed by atoms with van der Waals surface area (Å²) in [5, 5.41) is 17.9. The molecule has 1 saturated heterocycles. The summed E-state index contributed by atoms with van der Waals surface area (Å²) in [6.45, 7) is 8.25. The van der Waals surface area contributed by atoms with E-state index >= 15 is 0 Å². The van der Waals surface area contributed by atoms with Crippen molar-refractivity contribution < 1.29 is 0 Å². The number of aromatic nitrogens is 2. The molecule has 4 nitrogen and oxygen atoms in total. The van der Waals surface area contributed by atoms with Crippen molar-refractivity contribution in [3.8, 4) is 6.07 Å². The quantitative estimate of drug-likeness (QED) is 0.802. The van der Waals surface area contributed by atoms with Crippen LogP contribution >= 0.6 is 0 Å². The lowest BCUT2D eigenvalue weighted by Crippen LogP contribution is -2.36. The highest BCUT2D eigenvalue weighted by Gasteiger charge is 2.32. The maximum Gasteiger partial charge on any atom is 0.170 e. The van der Waals surface area contributed by atoms with E-state index in [1.165, 1.54) is 6.42 Å². The minimum atomic E-state index is 0.443. The lowest BCUT2D eigenvalue weighted by Gasteiger charge is -2.29. The fraction of sp³-hybridized carbons (Fsp3) is 0.643. The Hall–Kier alpha value is -1.63. The van der Waals surface area contributed by atoms with Crippen molar-refractivity contribution in [3.63, 3.8) is 0 Å². The molecule has 1 fully saturated rings. The smallest absolute Gasteiger partial charge is 0.170 e. The molecule has 18 heavy (non-hydrogen) atoms. The van der Waals surface area contributed by atoms with Gasteiger partial charge in [0.2, 0.25) is 0 Å². The molecule has 96 valence electrons. The lowest BCUT2D eigenvalue weighted by atomic mass is 10.1. The normalized spacial score (nSPS) is 23.2. The van der Waals surface area contributed by atoms with Crippen molar-refractivity contribution in [2.45, 2.75) is 59.0 Å². The van der Waals surface area contributed by atoms with Crippen LogP contribution in [0.4, 0.5) is 5.82 Å². The maximum atomic E-state index is 9.38. The van der Waals surface area contributed by atoms with Crippen LogP contribution in [0, 0.1) is 25.2 Å². The minimum Gasteiger partial charge on any atom is -0.348 e. The molecule has 0 aliphatic carbocycles. The van der Waals surface area contributed by atoms with Crippen molar-refractivity contribution in [2.24, 2.45) is 0 Å². The highest BCUT2D eigenvalue weighted by molar-refractivity contribution is 5.59. The molecule has 1 aliphatic rings. The summed E-state index contributed by atoms with van der Waals surface area (Å²) in [7, 11) is 0. The number of hydrogen-bond donors (Lipinski definition) is 0. The van der Waals surface area contributed by atoms with Crippen LogP contribution in [-0.2, 0) is 0 Å². The second-order valence-corrected chi connectivity index (χ2v) is 5.12. The van der Waals surface area contributed by atoms with E-state index in [1.807, 2.05) is 13.8 Å². The van der Waals surface area contributed by atoms with E-state index in [2.05, 4.69) is 35.0 Å². The van der Waals surface area contributed by atoms with Crippen LogP contribution in [0.5, 0.6) is 0 Å². The topological polar surface area (TPSA) is 52.8 Å². The van der Waals surface area contributed by atoms with Gasteiger partial charge >= 0.3 is 0 Å². The number of aryl methyl sites for hydroxylation is 1. The highest BCUT2D eigenvalue weighted by atomic mass is 15.3. The van der Waals surface area contributed by atoms with Gasteiger partial charge in [-0.05, 0) is 45.6 Å². The van der Waals surface area contributed by atoms with E-state index < -0.39 is 0 Å². The molecule has 0 radical (unpaired) electrons. The molecule has 0 amide bonds. The number of hydrogen-bond acceptors (Lipinski definition) is 4. The van der Waals surface area contributed by atoms with Gasteiger partial charge < -0.3 is 4.90 Å². The summed E-state index contributed by atoms with van der Waals surface area (Å²) in [5.41, 5.74) is 2.49. The molecule has 1 aliphatic heterocycles. The Morgan fingerprint density at radius 1 is 1.33 bits per heavy atom. The predicted molar refractivity (Wildman–Crippen MR) is 71.5 cm³/mol. The van der Waals surface area contributed by atoms with Gasteiger partial charge in [0.1, 0.15) is 11.6 Å². The maximum absolute atomic E-state index is 9.38. The molecule has 1 aromatic rings. The summed E-state index contributed by atoms with van der Waals surface area (Å²) in [6, 6.07) is 3.23.